The molecule has 0 aliphatic heterocycles. The van der Waals surface area contributed by atoms with Crippen molar-refractivity contribution in [3.63, 3.8) is 0 Å². The van der Waals surface area contributed by atoms with Crippen LogP contribution in [0.4, 0.5) is 5.69 Å². The predicted molar refractivity (Wildman–Crippen MR) is 93.1 cm³/mol. The first-order valence-corrected chi connectivity index (χ1v) is 7.45. The number of nitrogens with two attached hydrogens (primary N) is 1. The maximum atomic E-state index is 12.4. The molecule has 0 aromatic heterocycles. The second-order valence-electron chi connectivity index (χ2n) is 5.67. The molecule has 0 spiro atoms. The third-order valence-corrected chi connectivity index (χ3v) is 4.11. The highest BCUT2D eigenvalue weighted by atomic mass is 35.5. The largest absolute Gasteiger partial charge is 0.328 e. The van der Waals surface area contributed by atoms with Crippen LogP contribution in [0.1, 0.15) is 19.3 Å². The number of nitrogens with one attached hydrogen (secondary N) is 1. The van der Waals surface area contributed by atoms with Gasteiger partial charge in [-0.25, -0.2) is 0 Å². The molecule has 22 heavy (non-hydrogen) atoms. The molecule has 116 valence electrons. The van der Waals surface area contributed by atoms with Gasteiger partial charge >= 0.3 is 0 Å². The fourth-order valence-electron chi connectivity index (χ4n) is 2.95. The molecule has 0 radical (unpaired) electrons. The molecular formula is C18H21ClN2O. The van der Waals surface area contributed by atoms with Gasteiger partial charge in [0.1, 0.15) is 0 Å². The van der Waals surface area contributed by atoms with Gasteiger partial charge in [0.15, 0.2) is 0 Å². The van der Waals surface area contributed by atoms with Gasteiger partial charge in [0.2, 0.25) is 5.91 Å². The van der Waals surface area contributed by atoms with E-state index in [1.165, 1.54) is 0 Å². The summed E-state index contributed by atoms with van der Waals surface area (Å²) in [5, 5.41) is 3.08. The van der Waals surface area contributed by atoms with Crippen molar-refractivity contribution >= 4 is 24.0 Å². The van der Waals surface area contributed by atoms with E-state index in [1.807, 2.05) is 42.5 Å². The Bertz CT molecular complexity index is 630. The van der Waals surface area contributed by atoms with Crippen LogP contribution in [0.15, 0.2) is 54.6 Å². The third-order valence-electron chi connectivity index (χ3n) is 4.11. The van der Waals surface area contributed by atoms with Gasteiger partial charge in [-0.05, 0) is 30.9 Å². The summed E-state index contributed by atoms with van der Waals surface area (Å²) in [6.45, 7) is 0. The van der Waals surface area contributed by atoms with Crippen LogP contribution >= 0.6 is 12.4 Å². The maximum Gasteiger partial charge on any atom is 0.227 e. The first-order valence-electron chi connectivity index (χ1n) is 7.45. The minimum Gasteiger partial charge on any atom is -0.328 e. The van der Waals surface area contributed by atoms with Crippen molar-refractivity contribution in [1.29, 1.82) is 0 Å². The first kappa shape index (κ1) is 16.5. The lowest BCUT2D eigenvalue weighted by atomic mass is 10.0. The Morgan fingerprint density at radius 1 is 1.00 bits per heavy atom. The molecule has 1 amide bonds. The number of rotatable bonds is 3. The summed E-state index contributed by atoms with van der Waals surface area (Å²) in [5.41, 5.74) is 8.92. The van der Waals surface area contributed by atoms with Crippen LogP contribution in [-0.4, -0.2) is 11.9 Å². The standard InChI is InChI=1S/C18H20N2O.ClH/c19-15-11-10-14(12-15)18(21)20-17-9-5-4-8-16(17)13-6-2-1-3-7-13;/h1-9,14-15H,10-12,19H2,(H,20,21);1H. The molecule has 1 aliphatic rings. The minimum atomic E-state index is 0. The number of carbonyl (C=O) groups excluding carboxylic acids is 1. The Balaban J connectivity index is 0.00000176. The number of amides is 1. The van der Waals surface area contributed by atoms with Crippen molar-refractivity contribution < 1.29 is 4.79 Å². The molecular weight excluding hydrogens is 296 g/mol. The number of carbonyl (C=O) groups is 1. The van der Waals surface area contributed by atoms with Gasteiger partial charge in [0.05, 0.1) is 0 Å². The summed E-state index contributed by atoms with van der Waals surface area (Å²) in [7, 11) is 0. The van der Waals surface area contributed by atoms with Crippen LogP contribution in [0.5, 0.6) is 0 Å². The van der Waals surface area contributed by atoms with Crippen molar-refractivity contribution in [3.8, 4) is 11.1 Å². The molecule has 2 aromatic carbocycles. The third kappa shape index (κ3) is 3.67. The van der Waals surface area contributed by atoms with E-state index in [4.69, 9.17) is 5.73 Å². The van der Waals surface area contributed by atoms with Gasteiger partial charge in [-0.15, -0.1) is 12.4 Å². The zero-order valence-electron chi connectivity index (χ0n) is 12.4. The summed E-state index contributed by atoms with van der Waals surface area (Å²) in [4.78, 5) is 12.4. The van der Waals surface area contributed by atoms with E-state index in [0.717, 1.165) is 36.1 Å². The van der Waals surface area contributed by atoms with Gasteiger partial charge in [-0.3, -0.25) is 4.79 Å². The topological polar surface area (TPSA) is 55.1 Å². The fourth-order valence-corrected chi connectivity index (χ4v) is 2.95. The molecule has 3 nitrogen and oxygen atoms in total. The van der Waals surface area contributed by atoms with E-state index in [1.54, 1.807) is 0 Å². The lowest BCUT2D eigenvalue weighted by Gasteiger charge is -2.14. The summed E-state index contributed by atoms with van der Waals surface area (Å²) >= 11 is 0. The number of para-hydroxylation sites is 1. The van der Waals surface area contributed by atoms with Crippen molar-refractivity contribution in [2.75, 3.05) is 5.32 Å². The molecule has 4 heteroatoms. The predicted octanol–water partition coefficient (Wildman–Crippen LogP) is 3.84. The molecule has 3 rings (SSSR count). The summed E-state index contributed by atoms with van der Waals surface area (Å²) in [6.07, 6.45) is 2.62. The van der Waals surface area contributed by atoms with Gasteiger partial charge in [0.25, 0.3) is 0 Å². The van der Waals surface area contributed by atoms with E-state index >= 15 is 0 Å². The molecule has 0 heterocycles. The monoisotopic (exact) mass is 316 g/mol. The second kappa shape index (κ2) is 7.43. The highest BCUT2D eigenvalue weighted by Crippen LogP contribution is 2.30. The normalized spacial score (nSPS) is 20.2. The second-order valence-corrected chi connectivity index (χ2v) is 5.67. The molecule has 0 saturated heterocycles. The van der Waals surface area contributed by atoms with Crippen LogP contribution < -0.4 is 11.1 Å². The van der Waals surface area contributed by atoms with Crippen LogP contribution in [0.25, 0.3) is 11.1 Å². The minimum absolute atomic E-state index is 0. The zero-order valence-corrected chi connectivity index (χ0v) is 13.2. The molecule has 1 aliphatic carbocycles. The van der Waals surface area contributed by atoms with Crippen LogP contribution in [0.2, 0.25) is 0 Å². The van der Waals surface area contributed by atoms with E-state index in [0.29, 0.717) is 0 Å². The SMILES string of the molecule is Cl.NC1CCC(C(=O)Nc2ccccc2-c2ccccc2)C1. The molecule has 0 bridgehead atoms. The lowest BCUT2D eigenvalue weighted by molar-refractivity contribution is -0.119. The Hall–Kier alpha value is -1.84. The van der Waals surface area contributed by atoms with Gasteiger partial charge in [0, 0.05) is 23.2 Å². The Kier molecular flexibility index (Phi) is 5.58. The van der Waals surface area contributed by atoms with Gasteiger partial charge in [-0.2, -0.15) is 0 Å². The van der Waals surface area contributed by atoms with Crippen molar-refractivity contribution in [1.82, 2.24) is 0 Å². The van der Waals surface area contributed by atoms with Crippen molar-refractivity contribution in [2.24, 2.45) is 11.7 Å². The van der Waals surface area contributed by atoms with Crippen LogP contribution in [0.3, 0.4) is 0 Å². The molecule has 2 aromatic rings. The maximum absolute atomic E-state index is 12.4. The number of hydrogen-bond acceptors (Lipinski definition) is 2. The summed E-state index contributed by atoms with van der Waals surface area (Å²) in [5.74, 6) is 0.134. The number of anilines is 1. The molecule has 2 unspecified atom stereocenters. The Morgan fingerprint density at radius 3 is 2.36 bits per heavy atom. The smallest absolute Gasteiger partial charge is 0.227 e. The highest BCUT2D eigenvalue weighted by molar-refractivity contribution is 5.96. The van der Waals surface area contributed by atoms with E-state index in [-0.39, 0.29) is 30.3 Å². The molecule has 1 fully saturated rings. The Labute approximate surface area is 137 Å². The quantitative estimate of drug-likeness (QED) is 0.904. The van der Waals surface area contributed by atoms with Crippen molar-refractivity contribution in [3.05, 3.63) is 54.6 Å². The number of benzene rings is 2. The van der Waals surface area contributed by atoms with E-state index in [2.05, 4.69) is 17.4 Å². The summed E-state index contributed by atoms with van der Waals surface area (Å²) < 4.78 is 0. The number of hydrogen-bond donors (Lipinski definition) is 2. The van der Waals surface area contributed by atoms with Crippen LogP contribution in [0, 0.1) is 5.92 Å². The van der Waals surface area contributed by atoms with Crippen molar-refractivity contribution in [2.45, 2.75) is 25.3 Å². The zero-order chi connectivity index (χ0) is 14.7. The van der Waals surface area contributed by atoms with Crippen LogP contribution in [-0.2, 0) is 4.79 Å². The van der Waals surface area contributed by atoms with Gasteiger partial charge < -0.3 is 11.1 Å². The molecule has 2 atom stereocenters. The fraction of sp³-hybridized carbons (Fsp3) is 0.278. The average molecular weight is 317 g/mol. The first-order chi connectivity index (χ1) is 10.2. The average Bonchev–Trinajstić information content (AvgIpc) is 2.95. The highest BCUT2D eigenvalue weighted by Gasteiger charge is 2.28. The molecule has 3 N–H and O–H groups in total. The lowest BCUT2D eigenvalue weighted by Crippen LogP contribution is -2.23. The molecule has 1 saturated carbocycles. The van der Waals surface area contributed by atoms with Gasteiger partial charge in [-0.1, -0.05) is 48.5 Å². The Morgan fingerprint density at radius 2 is 1.68 bits per heavy atom. The number of halogens is 1. The summed E-state index contributed by atoms with van der Waals surface area (Å²) in [6, 6.07) is 18.2. The van der Waals surface area contributed by atoms with E-state index < -0.39 is 0 Å². The van der Waals surface area contributed by atoms with E-state index in [9.17, 15) is 4.79 Å².